The van der Waals surface area contributed by atoms with Crippen LogP contribution in [0.1, 0.15) is 13.8 Å². The Morgan fingerprint density at radius 3 is 2.50 bits per heavy atom. The number of rotatable bonds is 6. The molecule has 0 aliphatic carbocycles. The molecule has 0 saturated heterocycles. The molecule has 1 rings (SSSR count). The highest BCUT2D eigenvalue weighted by atomic mass is 35.5. The fraction of sp³-hybridized carbons (Fsp3) is 0.364. The van der Waals surface area contributed by atoms with Crippen molar-refractivity contribution < 1.29 is 9.63 Å². The second-order valence-electron chi connectivity index (χ2n) is 4.05. The van der Waals surface area contributed by atoms with Crippen LogP contribution in [0, 0.1) is 5.92 Å². The molecular formula is C11H15Cl2N3O2. The molecule has 7 heteroatoms. The Morgan fingerprint density at radius 1 is 1.33 bits per heavy atom. The van der Waals surface area contributed by atoms with E-state index in [1.54, 1.807) is 18.2 Å². The van der Waals surface area contributed by atoms with E-state index in [0.717, 1.165) is 0 Å². The fourth-order valence-corrected chi connectivity index (χ4v) is 1.55. The molecule has 18 heavy (non-hydrogen) atoms. The van der Waals surface area contributed by atoms with E-state index in [2.05, 4.69) is 11.0 Å². The number of carbonyl (C=O) groups is 1. The molecule has 0 aromatic heterocycles. The Bertz CT molecular complexity index is 427. The number of carbonyl (C=O) groups excluding carboxylic acids is 1. The van der Waals surface area contributed by atoms with Gasteiger partial charge >= 0.3 is 0 Å². The SMILES string of the molecule is CC(C)C(NNOc1ccc(Cl)c(Cl)c1)C(N)=O. The van der Waals surface area contributed by atoms with Crippen molar-refractivity contribution in [1.29, 1.82) is 0 Å². The van der Waals surface area contributed by atoms with Gasteiger partial charge in [-0.1, -0.05) is 42.6 Å². The number of hydrazine groups is 1. The highest BCUT2D eigenvalue weighted by Gasteiger charge is 2.18. The smallest absolute Gasteiger partial charge is 0.236 e. The number of nitrogens with two attached hydrogens (primary N) is 1. The first kappa shape index (κ1) is 15.0. The van der Waals surface area contributed by atoms with E-state index in [1.165, 1.54) is 0 Å². The van der Waals surface area contributed by atoms with Crippen molar-refractivity contribution in [3.63, 3.8) is 0 Å². The molecule has 0 fully saturated rings. The molecule has 1 amide bonds. The van der Waals surface area contributed by atoms with Crippen LogP contribution in [0.25, 0.3) is 0 Å². The van der Waals surface area contributed by atoms with Crippen LogP contribution in [0.15, 0.2) is 18.2 Å². The average molecular weight is 292 g/mol. The summed E-state index contributed by atoms with van der Waals surface area (Å²) in [7, 11) is 0. The van der Waals surface area contributed by atoms with E-state index in [-0.39, 0.29) is 5.92 Å². The molecule has 1 unspecified atom stereocenters. The van der Waals surface area contributed by atoms with Gasteiger partial charge in [-0.2, -0.15) is 0 Å². The van der Waals surface area contributed by atoms with Crippen LogP contribution < -0.4 is 21.6 Å². The van der Waals surface area contributed by atoms with Gasteiger partial charge in [-0.05, 0) is 18.1 Å². The zero-order valence-electron chi connectivity index (χ0n) is 10.0. The van der Waals surface area contributed by atoms with Gasteiger partial charge in [0.25, 0.3) is 0 Å². The van der Waals surface area contributed by atoms with Gasteiger partial charge in [0.1, 0.15) is 6.04 Å². The number of benzene rings is 1. The molecule has 5 nitrogen and oxygen atoms in total. The Kier molecular flexibility index (Phi) is 5.68. The van der Waals surface area contributed by atoms with Gasteiger partial charge in [0, 0.05) is 6.07 Å². The van der Waals surface area contributed by atoms with Gasteiger partial charge in [0.15, 0.2) is 5.75 Å². The maximum absolute atomic E-state index is 11.1. The van der Waals surface area contributed by atoms with Gasteiger partial charge in [0.05, 0.1) is 10.0 Å². The highest BCUT2D eigenvalue weighted by Crippen LogP contribution is 2.25. The number of primary amides is 1. The van der Waals surface area contributed by atoms with E-state index >= 15 is 0 Å². The molecular weight excluding hydrogens is 277 g/mol. The monoisotopic (exact) mass is 291 g/mol. The molecule has 0 radical (unpaired) electrons. The van der Waals surface area contributed by atoms with Crippen LogP contribution in [-0.2, 0) is 4.79 Å². The van der Waals surface area contributed by atoms with Crippen molar-refractivity contribution in [1.82, 2.24) is 11.0 Å². The lowest BCUT2D eigenvalue weighted by Crippen LogP contribution is -2.52. The average Bonchev–Trinajstić information content (AvgIpc) is 2.28. The summed E-state index contributed by atoms with van der Waals surface area (Å²) in [5, 5.41) is 0.820. The van der Waals surface area contributed by atoms with Crippen LogP contribution in [0.4, 0.5) is 0 Å². The lowest BCUT2D eigenvalue weighted by atomic mass is 10.1. The lowest BCUT2D eigenvalue weighted by Gasteiger charge is -2.19. The van der Waals surface area contributed by atoms with Crippen LogP contribution >= 0.6 is 23.2 Å². The Labute approximate surface area is 116 Å². The van der Waals surface area contributed by atoms with Crippen molar-refractivity contribution in [2.75, 3.05) is 0 Å². The van der Waals surface area contributed by atoms with Crippen LogP contribution in [0.5, 0.6) is 5.75 Å². The molecule has 100 valence electrons. The molecule has 4 N–H and O–H groups in total. The Balaban J connectivity index is 2.50. The predicted octanol–water partition coefficient (Wildman–Crippen LogP) is 1.89. The van der Waals surface area contributed by atoms with E-state index < -0.39 is 11.9 Å². The first-order valence-corrected chi connectivity index (χ1v) is 6.09. The summed E-state index contributed by atoms with van der Waals surface area (Å²) in [6.45, 7) is 3.73. The fourth-order valence-electron chi connectivity index (χ4n) is 1.26. The normalized spacial score (nSPS) is 12.5. The summed E-state index contributed by atoms with van der Waals surface area (Å²) in [6, 6.07) is 4.26. The van der Waals surface area contributed by atoms with E-state index in [4.69, 9.17) is 33.8 Å². The zero-order valence-corrected chi connectivity index (χ0v) is 11.5. The van der Waals surface area contributed by atoms with E-state index in [1.807, 2.05) is 13.8 Å². The van der Waals surface area contributed by atoms with Crippen LogP contribution in [-0.4, -0.2) is 11.9 Å². The van der Waals surface area contributed by atoms with Gasteiger partial charge < -0.3 is 10.6 Å². The quantitative estimate of drug-likeness (QED) is 0.700. The topological polar surface area (TPSA) is 76.4 Å². The van der Waals surface area contributed by atoms with Gasteiger partial charge in [-0.25, -0.2) is 5.43 Å². The molecule has 0 aliphatic rings. The first-order chi connectivity index (χ1) is 8.41. The highest BCUT2D eigenvalue weighted by molar-refractivity contribution is 6.42. The molecule has 0 spiro atoms. The second-order valence-corrected chi connectivity index (χ2v) is 4.86. The number of amides is 1. The standard InChI is InChI=1S/C11H15Cl2N3O2/c1-6(2)10(11(14)17)15-16-18-7-3-4-8(12)9(13)5-7/h3-6,10,15-16H,1-2H3,(H2,14,17). The van der Waals surface area contributed by atoms with Gasteiger partial charge in [0.2, 0.25) is 5.91 Å². The molecule has 1 aromatic carbocycles. The number of hydrogen-bond donors (Lipinski definition) is 3. The van der Waals surface area contributed by atoms with Crippen LogP contribution in [0.2, 0.25) is 10.0 Å². The first-order valence-electron chi connectivity index (χ1n) is 5.33. The van der Waals surface area contributed by atoms with E-state index in [0.29, 0.717) is 15.8 Å². The van der Waals surface area contributed by atoms with Crippen molar-refractivity contribution in [3.8, 4) is 5.75 Å². The van der Waals surface area contributed by atoms with Crippen molar-refractivity contribution in [2.45, 2.75) is 19.9 Å². The minimum atomic E-state index is -0.534. The number of halogens is 2. The molecule has 1 atom stereocenters. The molecule has 0 bridgehead atoms. The summed E-state index contributed by atoms with van der Waals surface area (Å²) in [5.41, 5.74) is 10.4. The van der Waals surface area contributed by atoms with Crippen molar-refractivity contribution in [3.05, 3.63) is 28.2 Å². The third kappa shape index (κ3) is 4.34. The van der Waals surface area contributed by atoms with E-state index in [9.17, 15) is 4.79 Å². The minimum Gasteiger partial charge on any atom is -0.394 e. The Hall–Kier alpha value is -1.01. The number of hydrogen-bond acceptors (Lipinski definition) is 4. The zero-order chi connectivity index (χ0) is 13.7. The maximum atomic E-state index is 11.1. The Morgan fingerprint density at radius 2 is 2.00 bits per heavy atom. The van der Waals surface area contributed by atoms with Crippen molar-refractivity contribution >= 4 is 29.1 Å². The van der Waals surface area contributed by atoms with Gasteiger partial charge in [-0.15, -0.1) is 0 Å². The second kappa shape index (κ2) is 6.80. The third-order valence-electron chi connectivity index (χ3n) is 2.25. The molecule has 1 aromatic rings. The summed E-state index contributed by atoms with van der Waals surface area (Å²) in [4.78, 5) is 16.3. The minimum absolute atomic E-state index is 0.0346. The third-order valence-corrected chi connectivity index (χ3v) is 2.99. The van der Waals surface area contributed by atoms with Gasteiger partial charge in [-0.3, -0.25) is 4.79 Å². The summed E-state index contributed by atoms with van der Waals surface area (Å²) < 4.78 is 0. The maximum Gasteiger partial charge on any atom is 0.236 e. The largest absolute Gasteiger partial charge is 0.394 e. The van der Waals surface area contributed by atoms with Crippen molar-refractivity contribution in [2.24, 2.45) is 11.7 Å². The summed E-state index contributed by atoms with van der Waals surface area (Å²) in [5.74, 6) is 0.0338. The molecule has 0 saturated carbocycles. The molecule has 0 aliphatic heterocycles. The van der Waals surface area contributed by atoms with Crippen LogP contribution in [0.3, 0.4) is 0 Å². The molecule has 0 heterocycles. The predicted molar refractivity (Wildman–Crippen MR) is 71.2 cm³/mol. The summed E-state index contributed by atoms with van der Waals surface area (Å²) in [6.07, 6.45) is 0. The number of nitrogens with one attached hydrogen (secondary N) is 2. The lowest BCUT2D eigenvalue weighted by molar-refractivity contribution is -0.122. The summed E-state index contributed by atoms with van der Waals surface area (Å²) >= 11 is 11.6.